The van der Waals surface area contributed by atoms with Crippen LogP contribution in [0.5, 0.6) is 0 Å². The smallest absolute Gasteiger partial charge is 0.192 e. The highest BCUT2D eigenvalue weighted by Crippen LogP contribution is 2.32. The third kappa shape index (κ3) is 5.05. The largest absolute Gasteiger partial charge is 0.383 e. The van der Waals surface area contributed by atoms with Gasteiger partial charge in [0.2, 0.25) is 0 Å². The van der Waals surface area contributed by atoms with Crippen molar-refractivity contribution in [3.8, 4) is 0 Å². The number of benzene rings is 1. The molecule has 1 aliphatic carbocycles. The van der Waals surface area contributed by atoms with Gasteiger partial charge in [-0.15, -0.1) is 10.2 Å². The third-order valence-electron chi connectivity index (χ3n) is 4.72. The van der Waals surface area contributed by atoms with E-state index in [-0.39, 0.29) is 6.04 Å². The molecule has 0 bridgehead atoms. The number of rotatable bonds is 8. The first-order valence-corrected chi connectivity index (χ1v) is 9.10. The van der Waals surface area contributed by atoms with E-state index in [2.05, 4.69) is 33.0 Å². The van der Waals surface area contributed by atoms with Crippen LogP contribution < -0.4 is 10.6 Å². The fourth-order valence-electron chi connectivity index (χ4n) is 2.82. The van der Waals surface area contributed by atoms with Gasteiger partial charge in [0.05, 0.1) is 25.7 Å². The Labute approximate surface area is 154 Å². The summed E-state index contributed by atoms with van der Waals surface area (Å²) >= 11 is 0. The maximum Gasteiger partial charge on any atom is 0.192 e. The van der Waals surface area contributed by atoms with Crippen molar-refractivity contribution in [1.82, 2.24) is 25.4 Å². The van der Waals surface area contributed by atoms with Crippen molar-refractivity contribution in [2.45, 2.75) is 38.9 Å². The highest BCUT2D eigenvalue weighted by atomic mass is 16.5. The van der Waals surface area contributed by atoms with Gasteiger partial charge in [0.1, 0.15) is 5.82 Å². The summed E-state index contributed by atoms with van der Waals surface area (Å²) in [6.07, 6.45) is 2.49. The Morgan fingerprint density at radius 3 is 2.69 bits per heavy atom. The van der Waals surface area contributed by atoms with E-state index in [1.165, 1.54) is 18.4 Å². The van der Waals surface area contributed by atoms with Crippen molar-refractivity contribution in [2.24, 2.45) is 18.0 Å². The summed E-state index contributed by atoms with van der Waals surface area (Å²) < 4.78 is 7.36. The summed E-state index contributed by atoms with van der Waals surface area (Å²) in [4.78, 5) is 4.76. The van der Waals surface area contributed by atoms with Crippen LogP contribution in [0.15, 0.2) is 35.3 Å². The molecule has 1 heterocycles. The zero-order valence-electron chi connectivity index (χ0n) is 15.8. The molecule has 140 valence electrons. The molecule has 2 aromatic rings. The van der Waals surface area contributed by atoms with E-state index >= 15 is 0 Å². The van der Waals surface area contributed by atoms with Gasteiger partial charge in [0.15, 0.2) is 11.8 Å². The molecule has 1 aliphatic rings. The average Bonchev–Trinajstić information content (AvgIpc) is 3.45. The van der Waals surface area contributed by atoms with Crippen LogP contribution in [0.4, 0.5) is 0 Å². The van der Waals surface area contributed by atoms with Gasteiger partial charge in [-0.3, -0.25) is 0 Å². The third-order valence-corrected chi connectivity index (χ3v) is 4.72. The second-order valence-corrected chi connectivity index (χ2v) is 6.77. The maximum absolute atomic E-state index is 5.38. The zero-order chi connectivity index (χ0) is 18.4. The van der Waals surface area contributed by atoms with Gasteiger partial charge < -0.3 is 19.9 Å². The van der Waals surface area contributed by atoms with Gasteiger partial charge in [0, 0.05) is 14.2 Å². The van der Waals surface area contributed by atoms with Crippen molar-refractivity contribution < 1.29 is 4.74 Å². The Bertz CT molecular complexity index is 723. The number of aliphatic imine (C=N–C) groups is 1. The first-order chi connectivity index (χ1) is 12.7. The van der Waals surface area contributed by atoms with Crippen molar-refractivity contribution in [3.63, 3.8) is 0 Å². The van der Waals surface area contributed by atoms with Crippen molar-refractivity contribution in [2.75, 3.05) is 13.7 Å². The molecule has 0 spiro atoms. The van der Waals surface area contributed by atoms with Crippen LogP contribution >= 0.6 is 0 Å². The molecular formula is C19H28N6O. The normalized spacial score (nSPS) is 15.7. The SMILES string of the molecule is COCC(NC(=NCc1ccccc1)NCc1nnc(C)n1C)C1CC1. The summed E-state index contributed by atoms with van der Waals surface area (Å²) in [5, 5.41) is 15.3. The number of hydrogen-bond donors (Lipinski definition) is 2. The lowest BCUT2D eigenvalue weighted by Gasteiger charge is -2.21. The average molecular weight is 356 g/mol. The van der Waals surface area contributed by atoms with Crippen LogP contribution in [0.2, 0.25) is 0 Å². The molecule has 1 saturated carbocycles. The van der Waals surface area contributed by atoms with Crippen LogP contribution in [0.1, 0.15) is 30.1 Å². The Hall–Kier alpha value is -2.41. The Morgan fingerprint density at radius 2 is 2.08 bits per heavy atom. The number of nitrogens with one attached hydrogen (secondary N) is 2. The molecule has 7 heteroatoms. The highest BCUT2D eigenvalue weighted by molar-refractivity contribution is 5.80. The van der Waals surface area contributed by atoms with Crippen LogP contribution in [0, 0.1) is 12.8 Å². The Balaban J connectivity index is 1.68. The zero-order valence-corrected chi connectivity index (χ0v) is 15.8. The molecule has 3 rings (SSSR count). The summed E-state index contributed by atoms with van der Waals surface area (Å²) in [6, 6.07) is 10.5. The van der Waals surface area contributed by atoms with Crippen LogP contribution in [0.25, 0.3) is 0 Å². The molecule has 26 heavy (non-hydrogen) atoms. The molecule has 2 N–H and O–H groups in total. The van der Waals surface area contributed by atoms with E-state index < -0.39 is 0 Å². The minimum atomic E-state index is 0.281. The van der Waals surface area contributed by atoms with Gasteiger partial charge in [-0.05, 0) is 31.2 Å². The number of aryl methyl sites for hydroxylation is 1. The van der Waals surface area contributed by atoms with Crippen LogP contribution in [-0.4, -0.2) is 40.5 Å². The molecule has 1 aromatic carbocycles. The fourth-order valence-corrected chi connectivity index (χ4v) is 2.82. The molecule has 1 unspecified atom stereocenters. The van der Waals surface area contributed by atoms with Gasteiger partial charge in [-0.2, -0.15) is 0 Å². The molecule has 1 aromatic heterocycles. The standard InChI is InChI=1S/C19H28N6O/c1-14-23-24-18(25(14)2)12-21-19(20-11-15-7-5-4-6-8-15)22-17(13-26-3)16-9-10-16/h4-8,16-17H,9-13H2,1-3H3,(H2,20,21,22). The first-order valence-electron chi connectivity index (χ1n) is 9.10. The molecular weight excluding hydrogens is 328 g/mol. The van der Waals surface area contributed by atoms with Gasteiger partial charge >= 0.3 is 0 Å². The summed E-state index contributed by atoms with van der Waals surface area (Å²) in [6.45, 7) is 3.82. The van der Waals surface area contributed by atoms with Crippen molar-refractivity contribution in [1.29, 1.82) is 0 Å². The van der Waals surface area contributed by atoms with Gasteiger partial charge in [-0.1, -0.05) is 30.3 Å². The number of guanidine groups is 1. The molecule has 0 radical (unpaired) electrons. The number of ether oxygens (including phenoxy) is 1. The quantitative estimate of drug-likeness (QED) is 0.557. The van der Waals surface area contributed by atoms with E-state index in [0.717, 1.165) is 17.6 Å². The first kappa shape index (κ1) is 18.4. The monoisotopic (exact) mass is 356 g/mol. The second kappa shape index (κ2) is 8.80. The number of methoxy groups -OCH3 is 1. The van der Waals surface area contributed by atoms with Crippen LogP contribution in [-0.2, 0) is 24.9 Å². The predicted octanol–water partition coefficient (Wildman–Crippen LogP) is 1.78. The second-order valence-electron chi connectivity index (χ2n) is 6.77. The van der Waals surface area contributed by atoms with E-state index in [1.54, 1.807) is 7.11 Å². The van der Waals surface area contributed by atoms with E-state index in [4.69, 9.17) is 9.73 Å². The highest BCUT2D eigenvalue weighted by Gasteiger charge is 2.31. The fraction of sp³-hybridized carbons (Fsp3) is 0.526. The molecule has 0 saturated heterocycles. The molecule has 1 fully saturated rings. The van der Waals surface area contributed by atoms with Crippen molar-refractivity contribution in [3.05, 3.63) is 47.5 Å². The predicted molar refractivity (Wildman–Crippen MR) is 102 cm³/mol. The summed E-state index contributed by atoms with van der Waals surface area (Å²) in [5.41, 5.74) is 1.18. The van der Waals surface area contributed by atoms with E-state index in [0.29, 0.717) is 25.6 Å². The maximum atomic E-state index is 5.38. The van der Waals surface area contributed by atoms with Gasteiger partial charge in [0.25, 0.3) is 0 Å². The van der Waals surface area contributed by atoms with Gasteiger partial charge in [-0.25, -0.2) is 4.99 Å². The summed E-state index contributed by atoms with van der Waals surface area (Å²) in [7, 11) is 3.71. The number of aromatic nitrogens is 3. The molecule has 0 amide bonds. The van der Waals surface area contributed by atoms with E-state index in [1.807, 2.05) is 36.7 Å². The lowest BCUT2D eigenvalue weighted by atomic mass is 10.2. The van der Waals surface area contributed by atoms with E-state index in [9.17, 15) is 0 Å². The van der Waals surface area contributed by atoms with Crippen LogP contribution in [0.3, 0.4) is 0 Å². The number of nitrogens with zero attached hydrogens (tertiary/aromatic N) is 4. The number of hydrogen-bond acceptors (Lipinski definition) is 4. The molecule has 1 atom stereocenters. The lowest BCUT2D eigenvalue weighted by molar-refractivity contribution is 0.165. The summed E-state index contributed by atoms with van der Waals surface area (Å²) in [5.74, 6) is 3.22. The Morgan fingerprint density at radius 1 is 1.31 bits per heavy atom. The topological polar surface area (TPSA) is 76.4 Å². The minimum Gasteiger partial charge on any atom is -0.383 e. The van der Waals surface area contributed by atoms with Crippen molar-refractivity contribution >= 4 is 5.96 Å². The minimum absolute atomic E-state index is 0.281. The molecule has 7 nitrogen and oxygen atoms in total. The lowest BCUT2D eigenvalue weighted by Crippen LogP contribution is -2.46. The molecule has 0 aliphatic heterocycles. The Kier molecular flexibility index (Phi) is 6.22.